The molecule has 0 saturated carbocycles. The highest BCUT2D eigenvalue weighted by molar-refractivity contribution is 7.61. The van der Waals surface area contributed by atoms with Crippen LogP contribution in [-0.4, -0.2) is 47.8 Å². The quantitative estimate of drug-likeness (QED) is 0.370. The average molecular weight is 465 g/mol. The highest BCUT2D eigenvalue weighted by atomic mass is 31.1. The van der Waals surface area contributed by atoms with Crippen molar-refractivity contribution in [3.63, 3.8) is 0 Å². The Hall–Kier alpha value is 0.260. The van der Waals surface area contributed by atoms with Gasteiger partial charge in [0.2, 0.25) is 0 Å². The summed E-state index contributed by atoms with van der Waals surface area (Å²) in [4.78, 5) is 0. The third-order valence-electron chi connectivity index (χ3n) is 9.02. The van der Waals surface area contributed by atoms with Crippen LogP contribution in [0.5, 0.6) is 0 Å². The van der Waals surface area contributed by atoms with Gasteiger partial charge in [-0.2, -0.15) is 0 Å². The number of hydrogen-bond acceptors (Lipinski definition) is 2. The van der Waals surface area contributed by atoms with E-state index >= 15 is 0 Å². The summed E-state index contributed by atoms with van der Waals surface area (Å²) in [6, 6.07) is 0. The van der Waals surface area contributed by atoms with Gasteiger partial charge in [-0.25, -0.2) is 0 Å². The fourth-order valence-corrected chi connectivity index (χ4v) is 11.1. The molecule has 1 aliphatic carbocycles. The molecule has 2 N–H and O–H groups in total. The van der Waals surface area contributed by atoms with E-state index in [0.29, 0.717) is 10.3 Å². The third-order valence-corrected chi connectivity index (χ3v) is 14.5. The zero-order valence-electron chi connectivity index (χ0n) is 21.3. The molecule has 0 aromatic heterocycles. The molecule has 0 radical (unpaired) electrons. The Balaban J connectivity index is 2.00. The van der Waals surface area contributed by atoms with E-state index in [9.17, 15) is 0 Å². The van der Waals surface area contributed by atoms with Crippen LogP contribution in [0.2, 0.25) is 0 Å². The first-order chi connectivity index (χ1) is 14.7. The van der Waals surface area contributed by atoms with E-state index in [2.05, 4.69) is 73.6 Å². The van der Waals surface area contributed by atoms with Crippen molar-refractivity contribution in [2.75, 3.05) is 32.3 Å². The highest BCUT2D eigenvalue weighted by Crippen LogP contribution is 2.64. The summed E-state index contributed by atoms with van der Waals surface area (Å²) in [5.41, 5.74) is 3.49. The predicted molar refractivity (Wildman–Crippen MR) is 145 cm³/mol. The van der Waals surface area contributed by atoms with Crippen LogP contribution in [0.15, 0.2) is 23.3 Å². The molecule has 4 heteroatoms. The molecule has 0 bridgehead atoms. The molecule has 3 aliphatic rings. The second-order valence-corrected chi connectivity index (χ2v) is 16.1. The smallest absolute Gasteiger partial charge is 0.0146 e. The lowest BCUT2D eigenvalue weighted by molar-refractivity contribution is 0.217. The number of allylic oxidation sites excluding steroid dienone is 4. The Kier molecular flexibility index (Phi) is 8.91. The Bertz CT molecular complexity index is 618. The maximum atomic E-state index is 3.75. The summed E-state index contributed by atoms with van der Waals surface area (Å²) in [7, 11) is 3.38. The minimum atomic E-state index is -0.117. The molecule has 2 aliphatic heterocycles. The van der Waals surface area contributed by atoms with Crippen LogP contribution < -0.4 is 10.6 Å². The second-order valence-electron chi connectivity index (χ2n) is 11.5. The Labute approximate surface area is 197 Å². The monoisotopic (exact) mass is 464 g/mol. The zero-order chi connectivity index (χ0) is 22.7. The lowest BCUT2D eigenvalue weighted by Crippen LogP contribution is -2.52. The van der Waals surface area contributed by atoms with Crippen molar-refractivity contribution in [2.24, 2.45) is 11.8 Å². The van der Waals surface area contributed by atoms with Crippen molar-refractivity contribution < 1.29 is 0 Å². The second kappa shape index (κ2) is 10.7. The van der Waals surface area contributed by atoms with Crippen LogP contribution in [0.1, 0.15) is 86.5 Å². The molecule has 0 amide bonds. The van der Waals surface area contributed by atoms with Gasteiger partial charge < -0.3 is 10.6 Å². The SMILES string of the molecule is CCC(C)(C)P(CC1=C(C(P)(C2CCCNC2)C2CCCNC2)CC=C1)C(C)(C)CC. The minimum absolute atomic E-state index is 0.117. The van der Waals surface area contributed by atoms with Gasteiger partial charge in [-0.1, -0.05) is 67.2 Å². The summed E-state index contributed by atoms with van der Waals surface area (Å²) in [5, 5.41) is 8.59. The molecule has 3 unspecified atom stereocenters. The van der Waals surface area contributed by atoms with Crippen molar-refractivity contribution >= 4 is 17.2 Å². The molecule has 31 heavy (non-hydrogen) atoms. The first-order valence-corrected chi connectivity index (χ1v) is 15.1. The van der Waals surface area contributed by atoms with Crippen molar-refractivity contribution in [1.82, 2.24) is 10.6 Å². The summed E-state index contributed by atoms with van der Waals surface area (Å²) in [6.07, 6.45) is 15.5. The predicted octanol–water partition coefficient (Wildman–Crippen LogP) is 6.72. The third kappa shape index (κ3) is 5.50. The van der Waals surface area contributed by atoms with Gasteiger partial charge in [0, 0.05) is 5.16 Å². The van der Waals surface area contributed by atoms with Gasteiger partial charge in [0.15, 0.2) is 0 Å². The molecule has 0 aromatic carbocycles. The Morgan fingerprint density at radius 1 is 0.935 bits per heavy atom. The van der Waals surface area contributed by atoms with E-state index in [1.165, 1.54) is 77.3 Å². The largest absolute Gasteiger partial charge is 0.316 e. The fourth-order valence-electron chi connectivity index (χ4n) is 6.30. The number of hydrogen-bond donors (Lipinski definition) is 2. The van der Waals surface area contributed by atoms with Crippen molar-refractivity contribution in [2.45, 2.75) is 102 Å². The van der Waals surface area contributed by atoms with E-state index < -0.39 is 0 Å². The number of nitrogens with one attached hydrogen (secondary N) is 2. The van der Waals surface area contributed by atoms with Crippen molar-refractivity contribution in [1.29, 1.82) is 0 Å². The molecule has 3 rings (SSSR count). The zero-order valence-corrected chi connectivity index (χ0v) is 23.4. The lowest BCUT2D eigenvalue weighted by atomic mass is 9.69. The Morgan fingerprint density at radius 2 is 1.45 bits per heavy atom. The Morgan fingerprint density at radius 3 is 1.87 bits per heavy atom. The van der Waals surface area contributed by atoms with Gasteiger partial charge in [0.05, 0.1) is 0 Å². The standard InChI is InChI=1S/C27H50N2P2/c1-7-25(3,4)31(26(5,6)8-2)20-21-12-9-15-24(21)27(30,22-13-10-16-28-18-22)23-14-11-17-29-19-23/h9,12,22-23,28-29H,7-8,10-11,13-20,30H2,1-6H3. The van der Waals surface area contributed by atoms with Gasteiger partial charge in [-0.3, -0.25) is 0 Å². The first kappa shape index (κ1) is 25.9. The lowest BCUT2D eigenvalue weighted by Gasteiger charge is -2.50. The molecular formula is C27H50N2P2. The molecular weight excluding hydrogens is 414 g/mol. The van der Waals surface area contributed by atoms with E-state index in [0.717, 1.165) is 11.8 Å². The van der Waals surface area contributed by atoms with Crippen LogP contribution in [0.25, 0.3) is 0 Å². The van der Waals surface area contributed by atoms with Gasteiger partial charge in [0.25, 0.3) is 0 Å². The highest BCUT2D eigenvalue weighted by Gasteiger charge is 2.47. The summed E-state index contributed by atoms with van der Waals surface area (Å²) < 4.78 is 0. The van der Waals surface area contributed by atoms with E-state index in [4.69, 9.17) is 0 Å². The van der Waals surface area contributed by atoms with E-state index in [1.54, 1.807) is 11.1 Å². The average Bonchev–Trinajstić information content (AvgIpc) is 3.27. The summed E-state index contributed by atoms with van der Waals surface area (Å²) >= 11 is 0. The van der Waals surface area contributed by atoms with Gasteiger partial charge >= 0.3 is 0 Å². The van der Waals surface area contributed by atoms with Crippen LogP contribution in [0.4, 0.5) is 0 Å². The first-order valence-electron chi connectivity index (χ1n) is 13.0. The molecule has 178 valence electrons. The summed E-state index contributed by atoms with van der Waals surface area (Å²) in [6.45, 7) is 19.7. The molecule has 0 spiro atoms. The van der Waals surface area contributed by atoms with Crippen LogP contribution in [-0.2, 0) is 0 Å². The minimum Gasteiger partial charge on any atom is -0.316 e. The van der Waals surface area contributed by atoms with Gasteiger partial charge in [-0.15, -0.1) is 9.24 Å². The molecule has 0 aromatic rings. The van der Waals surface area contributed by atoms with E-state index in [-0.39, 0.29) is 13.1 Å². The number of piperidine rings is 2. The normalized spacial score (nSPS) is 27.7. The maximum absolute atomic E-state index is 3.75. The van der Waals surface area contributed by atoms with E-state index in [1.807, 2.05) is 0 Å². The fraction of sp³-hybridized carbons (Fsp3) is 0.852. The van der Waals surface area contributed by atoms with Crippen LogP contribution in [0.3, 0.4) is 0 Å². The van der Waals surface area contributed by atoms with Crippen LogP contribution in [0, 0.1) is 11.8 Å². The topological polar surface area (TPSA) is 24.1 Å². The summed E-state index contributed by atoms with van der Waals surface area (Å²) in [5.74, 6) is 1.48. The maximum Gasteiger partial charge on any atom is 0.0146 e. The van der Waals surface area contributed by atoms with Crippen LogP contribution >= 0.6 is 17.2 Å². The van der Waals surface area contributed by atoms with Crippen molar-refractivity contribution in [3.05, 3.63) is 23.3 Å². The van der Waals surface area contributed by atoms with Gasteiger partial charge in [0.1, 0.15) is 0 Å². The molecule has 2 saturated heterocycles. The van der Waals surface area contributed by atoms with Crippen molar-refractivity contribution in [3.8, 4) is 0 Å². The van der Waals surface area contributed by atoms with Gasteiger partial charge in [-0.05, 0) is 105 Å². The molecule has 2 fully saturated rings. The molecule has 3 atom stereocenters. The number of rotatable bonds is 9. The molecule has 2 nitrogen and oxygen atoms in total. The molecule has 2 heterocycles.